The van der Waals surface area contributed by atoms with E-state index in [-0.39, 0.29) is 0 Å². The second kappa shape index (κ2) is 8.78. The van der Waals surface area contributed by atoms with Crippen LogP contribution in [0.4, 0.5) is 0 Å². The number of fused-ring (bicyclic) bond motifs is 1. The van der Waals surface area contributed by atoms with Crippen LogP contribution >= 0.6 is 0 Å². The summed E-state index contributed by atoms with van der Waals surface area (Å²) < 4.78 is 0. The zero-order chi connectivity index (χ0) is 22.4. The van der Waals surface area contributed by atoms with Crippen LogP contribution in [0.2, 0.25) is 0 Å². The van der Waals surface area contributed by atoms with E-state index >= 15 is 0 Å². The molecule has 1 saturated heterocycles. The number of allylic oxidation sites excluding steroid dienone is 3. The zero-order valence-corrected chi connectivity index (χ0v) is 19.8. The SMILES string of the molecule is C=C1[C@H](O)CC(=CC=C2CCC[C@]3(C)[C@@H](C(C)CN4CCC(C)(O)C4)CC[C@@H]23)C[C@@H]1O. The largest absolute Gasteiger partial charge is 0.389 e. The van der Waals surface area contributed by atoms with Gasteiger partial charge in [0.15, 0.2) is 0 Å². The molecule has 4 rings (SSSR count). The van der Waals surface area contributed by atoms with Gasteiger partial charge in [-0.15, -0.1) is 0 Å². The first-order valence-electron chi connectivity index (χ1n) is 12.5. The third kappa shape index (κ3) is 4.73. The Morgan fingerprint density at radius 1 is 1.13 bits per heavy atom. The summed E-state index contributed by atoms with van der Waals surface area (Å²) in [5.41, 5.74) is 3.12. The van der Waals surface area contributed by atoms with E-state index in [9.17, 15) is 15.3 Å². The van der Waals surface area contributed by atoms with Crippen LogP contribution in [0.1, 0.15) is 72.1 Å². The number of hydrogen-bond acceptors (Lipinski definition) is 4. The Labute approximate surface area is 188 Å². The Morgan fingerprint density at radius 2 is 1.84 bits per heavy atom. The second-order valence-corrected chi connectivity index (χ2v) is 11.6. The fourth-order valence-corrected chi connectivity index (χ4v) is 7.37. The standard InChI is InChI=1S/C27H43NO3/c1-18(16-28-13-12-26(3,31)17-28)22-9-10-23-21(6-5-11-27(22,23)4)8-7-20-14-24(29)19(2)25(30)15-20/h7-8,18,22-25,29-31H,2,5-6,9-17H2,1,3-4H3/t18?,22-,23+,24-,25+,26?,27-/m1/s1. The molecule has 174 valence electrons. The van der Waals surface area contributed by atoms with Gasteiger partial charge in [-0.3, -0.25) is 0 Å². The lowest BCUT2D eigenvalue weighted by Crippen LogP contribution is -2.40. The molecule has 0 radical (unpaired) electrons. The highest BCUT2D eigenvalue weighted by molar-refractivity contribution is 5.29. The van der Waals surface area contributed by atoms with Gasteiger partial charge in [-0.25, -0.2) is 0 Å². The molecular weight excluding hydrogens is 386 g/mol. The summed E-state index contributed by atoms with van der Waals surface area (Å²) in [7, 11) is 0. The highest BCUT2D eigenvalue weighted by Crippen LogP contribution is 2.59. The van der Waals surface area contributed by atoms with Crippen molar-refractivity contribution in [3.8, 4) is 0 Å². The lowest BCUT2D eigenvalue weighted by atomic mass is 9.61. The molecule has 0 aromatic heterocycles. The Kier molecular flexibility index (Phi) is 6.58. The topological polar surface area (TPSA) is 63.9 Å². The van der Waals surface area contributed by atoms with Gasteiger partial charge in [-0.1, -0.05) is 43.7 Å². The van der Waals surface area contributed by atoms with Crippen LogP contribution in [0.25, 0.3) is 0 Å². The van der Waals surface area contributed by atoms with Crippen LogP contribution in [-0.4, -0.2) is 57.7 Å². The van der Waals surface area contributed by atoms with E-state index in [1.807, 2.05) is 6.92 Å². The molecule has 2 unspecified atom stereocenters. The second-order valence-electron chi connectivity index (χ2n) is 11.6. The number of rotatable bonds is 4. The van der Waals surface area contributed by atoms with Gasteiger partial charge in [-0.2, -0.15) is 0 Å². The molecular formula is C27H43NO3. The van der Waals surface area contributed by atoms with Gasteiger partial charge < -0.3 is 20.2 Å². The lowest BCUT2D eigenvalue weighted by molar-refractivity contribution is 0.0549. The number of aliphatic hydroxyl groups excluding tert-OH is 2. The smallest absolute Gasteiger partial charge is 0.0809 e. The van der Waals surface area contributed by atoms with Crippen molar-refractivity contribution in [2.75, 3.05) is 19.6 Å². The highest BCUT2D eigenvalue weighted by Gasteiger charge is 2.51. The van der Waals surface area contributed by atoms with E-state index in [1.54, 1.807) is 5.57 Å². The van der Waals surface area contributed by atoms with Crippen molar-refractivity contribution in [3.05, 3.63) is 35.5 Å². The number of aliphatic hydroxyl groups is 3. The first kappa shape index (κ1) is 23.2. The van der Waals surface area contributed by atoms with Crippen LogP contribution in [-0.2, 0) is 0 Å². The molecule has 0 bridgehead atoms. The third-order valence-electron chi connectivity index (χ3n) is 9.10. The molecule has 0 amide bonds. The summed E-state index contributed by atoms with van der Waals surface area (Å²) in [6.45, 7) is 13.7. The molecule has 1 aliphatic heterocycles. The zero-order valence-electron chi connectivity index (χ0n) is 19.8. The van der Waals surface area contributed by atoms with Gasteiger partial charge in [-0.05, 0) is 87.0 Å². The van der Waals surface area contributed by atoms with E-state index in [0.717, 1.165) is 37.5 Å². The molecule has 4 heteroatoms. The van der Waals surface area contributed by atoms with Gasteiger partial charge in [0.1, 0.15) is 0 Å². The average molecular weight is 430 g/mol. The molecule has 3 saturated carbocycles. The van der Waals surface area contributed by atoms with Gasteiger partial charge in [0.25, 0.3) is 0 Å². The molecule has 1 heterocycles. The van der Waals surface area contributed by atoms with Crippen molar-refractivity contribution in [1.82, 2.24) is 4.90 Å². The summed E-state index contributed by atoms with van der Waals surface area (Å²) >= 11 is 0. The minimum atomic E-state index is -0.618. The summed E-state index contributed by atoms with van der Waals surface area (Å²) in [6, 6.07) is 0. The molecule has 31 heavy (non-hydrogen) atoms. The lowest BCUT2D eigenvalue weighted by Gasteiger charge is -2.45. The maximum Gasteiger partial charge on any atom is 0.0809 e. The molecule has 4 aliphatic rings. The fourth-order valence-electron chi connectivity index (χ4n) is 7.37. The van der Waals surface area contributed by atoms with E-state index < -0.39 is 17.8 Å². The molecule has 0 aromatic rings. The Hall–Kier alpha value is -0.940. The number of likely N-dealkylation sites (tertiary alicyclic amines) is 1. The van der Waals surface area contributed by atoms with Crippen LogP contribution in [0, 0.1) is 23.2 Å². The van der Waals surface area contributed by atoms with Gasteiger partial charge in [0, 0.05) is 19.6 Å². The molecule has 4 nitrogen and oxygen atoms in total. The number of hydrogen-bond donors (Lipinski definition) is 3. The molecule has 7 atom stereocenters. The predicted molar refractivity (Wildman–Crippen MR) is 126 cm³/mol. The Morgan fingerprint density at radius 3 is 2.48 bits per heavy atom. The van der Waals surface area contributed by atoms with Crippen molar-refractivity contribution in [2.45, 2.75) is 89.9 Å². The van der Waals surface area contributed by atoms with Gasteiger partial charge >= 0.3 is 0 Å². The molecule has 3 aliphatic carbocycles. The Bertz CT molecular complexity index is 738. The van der Waals surface area contributed by atoms with Crippen LogP contribution < -0.4 is 0 Å². The first-order chi connectivity index (χ1) is 14.6. The quantitative estimate of drug-likeness (QED) is 0.586. The predicted octanol–water partition coefficient (Wildman–Crippen LogP) is 4.22. The Balaban J connectivity index is 1.44. The van der Waals surface area contributed by atoms with Crippen LogP contribution in [0.5, 0.6) is 0 Å². The summed E-state index contributed by atoms with van der Waals surface area (Å²) in [6.07, 6.45) is 11.7. The van der Waals surface area contributed by atoms with E-state index in [4.69, 9.17) is 0 Å². The van der Waals surface area contributed by atoms with Gasteiger partial charge in [0.05, 0.1) is 17.8 Å². The highest BCUT2D eigenvalue weighted by atomic mass is 16.3. The molecule has 4 fully saturated rings. The molecule has 3 N–H and O–H groups in total. The third-order valence-corrected chi connectivity index (χ3v) is 9.10. The monoisotopic (exact) mass is 429 g/mol. The first-order valence-corrected chi connectivity index (χ1v) is 12.5. The minimum absolute atomic E-state index is 0.365. The maximum absolute atomic E-state index is 10.3. The van der Waals surface area contributed by atoms with Crippen molar-refractivity contribution in [1.29, 1.82) is 0 Å². The van der Waals surface area contributed by atoms with Crippen LogP contribution in [0.3, 0.4) is 0 Å². The van der Waals surface area contributed by atoms with Gasteiger partial charge in [0.2, 0.25) is 0 Å². The van der Waals surface area contributed by atoms with Crippen molar-refractivity contribution < 1.29 is 15.3 Å². The normalized spacial score (nSPS) is 45.4. The van der Waals surface area contributed by atoms with Crippen molar-refractivity contribution in [2.24, 2.45) is 23.2 Å². The van der Waals surface area contributed by atoms with Crippen LogP contribution in [0.15, 0.2) is 35.5 Å². The summed E-state index contributed by atoms with van der Waals surface area (Å²) in [4.78, 5) is 2.47. The minimum Gasteiger partial charge on any atom is -0.389 e. The molecule has 0 aromatic carbocycles. The number of nitrogens with zero attached hydrogens (tertiary/aromatic N) is 1. The average Bonchev–Trinajstić information content (AvgIpc) is 3.22. The van der Waals surface area contributed by atoms with E-state index in [0.29, 0.717) is 35.7 Å². The summed E-state index contributed by atoms with van der Waals surface area (Å²) in [5.74, 6) is 2.04. The fraction of sp³-hybridized carbons (Fsp3) is 0.778. The van der Waals surface area contributed by atoms with Crippen molar-refractivity contribution in [3.63, 3.8) is 0 Å². The van der Waals surface area contributed by atoms with Crippen molar-refractivity contribution >= 4 is 0 Å². The van der Waals surface area contributed by atoms with E-state index in [2.05, 4.69) is 37.5 Å². The summed E-state index contributed by atoms with van der Waals surface area (Å²) in [5, 5.41) is 30.6. The number of β-amino-alcohol motifs (C(OH)–C–C–N with tert-alkyl or cyclic N) is 1. The maximum atomic E-state index is 10.3. The van der Waals surface area contributed by atoms with E-state index in [1.165, 1.54) is 32.1 Å². The molecule has 0 spiro atoms.